The first-order valence-corrected chi connectivity index (χ1v) is 5.69. The number of aromatic nitrogens is 1. The molecule has 2 rings (SSSR count). The standard InChI is InChI=1S/C14H15FN2O/c1-9-8-11(10(2)17(9)3)14(18)16-13-7-5-4-6-12(13)15/h4-8H,1-3H3,(H,16,18). The molecule has 1 aromatic carbocycles. The molecule has 0 fully saturated rings. The number of para-hydroxylation sites is 1. The highest BCUT2D eigenvalue weighted by Crippen LogP contribution is 2.17. The molecule has 0 saturated heterocycles. The Bertz CT molecular complexity index is 602. The molecule has 0 bridgehead atoms. The van der Waals surface area contributed by atoms with Gasteiger partial charge in [0.1, 0.15) is 5.82 Å². The summed E-state index contributed by atoms with van der Waals surface area (Å²) in [5.41, 5.74) is 2.62. The van der Waals surface area contributed by atoms with Gasteiger partial charge in [-0.05, 0) is 32.0 Å². The van der Waals surface area contributed by atoms with E-state index in [2.05, 4.69) is 5.32 Å². The van der Waals surface area contributed by atoms with E-state index in [1.807, 2.05) is 25.5 Å². The van der Waals surface area contributed by atoms with Gasteiger partial charge in [0.2, 0.25) is 0 Å². The quantitative estimate of drug-likeness (QED) is 0.868. The Hall–Kier alpha value is -2.10. The number of anilines is 1. The third-order valence-electron chi connectivity index (χ3n) is 3.14. The molecule has 94 valence electrons. The largest absolute Gasteiger partial charge is 0.351 e. The first-order chi connectivity index (χ1) is 8.50. The third kappa shape index (κ3) is 2.14. The summed E-state index contributed by atoms with van der Waals surface area (Å²) in [7, 11) is 1.89. The number of carbonyl (C=O) groups is 1. The molecule has 4 heteroatoms. The van der Waals surface area contributed by atoms with E-state index in [0.717, 1.165) is 11.4 Å². The molecule has 1 amide bonds. The molecule has 3 nitrogen and oxygen atoms in total. The van der Waals surface area contributed by atoms with Crippen molar-refractivity contribution in [3.8, 4) is 0 Å². The molecule has 1 heterocycles. The van der Waals surface area contributed by atoms with Crippen molar-refractivity contribution >= 4 is 11.6 Å². The summed E-state index contributed by atoms with van der Waals surface area (Å²) < 4.78 is 15.4. The lowest BCUT2D eigenvalue weighted by molar-refractivity contribution is 0.102. The summed E-state index contributed by atoms with van der Waals surface area (Å²) in [4.78, 5) is 12.1. The molecule has 0 radical (unpaired) electrons. The van der Waals surface area contributed by atoms with E-state index in [1.54, 1.807) is 24.3 Å². The first-order valence-electron chi connectivity index (χ1n) is 5.69. The molecule has 0 atom stereocenters. The summed E-state index contributed by atoms with van der Waals surface area (Å²) in [6, 6.07) is 7.92. The minimum Gasteiger partial charge on any atom is -0.351 e. The fraction of sp³-hybridized carbons (Fsp3) is 0.214. The predicted molar refractivity (Wildman–Crippen MR) is 69.2 cm³/mol. The molecule has 1 N–H and O–H groups in total. The number of hydrogen-bond donors (Lipinski definition) is 1. The number of nitrogens with zero attached hydrogens (tertiary/aromatic N) is 1. The van der Waals surface area contributed by atoms with Crippen molar-refractivity contribution in [2.45, 2.75) is 13.8 Å². The van der Waals surface area contributed by atoms with E-state index >= 15 is 0 Å². The number of carbonyl (C=O) groups excluding carboxylic acids is 1. The minimum atomic E-state index is -0.434. The van der Waals surface area contributed by atoms with Gasteiger partial charge in [-0.2, -0.15) is 0 Å². The molecule has 0 unspecified atom stereocenters. The van der Waals surface area contributed by atoms with Crippen molar-refractivity contribution in [1.82, 2.24) is 4.57 Å². The Labute approximate surface area is 105 Å². The summed E-state index contributed by atoms with van der Waals surface area (Å²) in [6.07, 6.45) is 0. The number of aryl methyl sites for hydroxylation is 1. The van der Waals surface area contributed by atoms with Gasteiger partial charge in [0.25, 0.3) is 5.91 Å². The Morgan fingerprint density at radius 1 is 1.28 bits per heavy atom. The van der Waals surface area contributed by atoms with Gasteiger partial charge in [-0.15, -0.1) is 0 Å². The van der Waals surface area contributed by atoms with Crippen LogP contribution < -0.4 is 5.32 Å². The average Bonchev–Trinajstić information content (AvgIpc) is 2.60. The van der Waals surface area contributed by atoms with Crippen LogP contribution in [0, 0.1) is 19.7 Å². The Balaban J connectivity index is 2.28. The van der Waals surface area contributed by atoms with E-state index < -0.39 is 5.82 Å². The normalized spacial score (nSPS) is 10.4. The molecule has 2 aromatic rings. The van der Waals surface area contributed by atoms with Crippen molar-refractivity contribution < 1.29 is 9.18 Å². The lowest BCUT2D eigenvalue weighted by Crippen LogP contribution is -2.13. The highest BCUT2D eigenvalue weighted by atomic mass is 19.1. The van der Waals surface area contributed by atoms with Crippen molar-refractivity contribution in [2.75, 3.05) is 5.32 Å². The highest BCUT2D eigenvalue weighted by Gasteiger charge is 2.15. The molecule has 18 heavy (non-hydrogen) atoms. The number of halogens is 1. The molecule has 0 aliphatic carbocycles. The van der Waals surface area contributed by atoms with Gasteiger partial charge in [-0.25, -0.2) is 4.39 Å². The van der Waals surface area contributed by atoms with Crippen LogP contribution in [-0.2, 0) is 7.05 Å². The van der Waals surface area contributed by atoms with Gasteiger partial charge in [0, 0.05) is 18.4 Å². The predicted octanol–water partition coefficient (Wildman–Crippen LogP) is 3.03. The zero-order valence-corrected chi connectivity index (χ0v) is 10.6. The molecule has 0 aliphatic heterocycles. The van der Waals surface area contributed by atoms with Crippen LogP contribution in [0.4, 0.5) is 10.1 Å². The van der Waals surface area contributed by atoms with E-state index in [9.17, 15) is 9.18 Å². The van der Waals surface area contributed by atoms with Gasteiger partial charge in [-0.1, -0.05) is 12.1 Å². The van der Waals surface area contributed by atoms with Crippen LogP contribution >= 0.6 is 0 Å². The van der Waals surface area contributed by atoms with E-state index in [0.29, 0.717) is 5.56 Å². The topological polar surface area (TPSA) is 34.0 Å². The zero-order chi connectivity index (χ0) is 13.3. The number of benzene rings is 1. The van der Waals surface area contributed by atoms with Crippen LogP contribution in [-0.4, -0.2) is 10.5 Å². The fourth-order valence-corrected chi connectivity index (χ4v) is 1.84. The summed E-state index contributed by atoms with van der Waals surface area (Å²) in [6.45, 7) is 3.79. The van der Waals surface area contributed by atoms with Crippen LogP contribution in [0.25, 0.3) is 0 Å². The SMILES string of the molecule is Cc1cc(C(=O)Nc2ccccc2F)c(C)n1C. The molecule has 1 aromatic heterocycles. The van der Waals surface area contributed by atoms with E-state index in [4.69, 9.17) is 0 Å². The van der Waals surface area contributed by atoms with Crippen LogP contribution in [0.15, 0.2) is 30.3 Å². The van der Waals surface area contributed by atoms with Gasteiger partial charge in [0.15, 0.2) is 0 Å². The van der Waals surface area contributed by atoms with Crippen LogP contribution in [0.3, 0.4) is 0 Å². The number of hydrogen-bond acceptors (Lipinski definition) is 1. The molecule has 0 aliphatic rings. The van der Waals surface area contributed by atoms with Crippen LogP contribution in [0.2, 0.25) is 0 Å². The second-order valence-corrected chi connectivity index (χ2v) is 4.28. The summed E-state index contributed by atoms with van der Waals surface area (Å²) in [5.74, 6) is -0.725. The number of nitrogens with one attached hydrogen (secondary N) is 1. The Morgan fingerprint density at radius 2 is 1.94 bits per heavy atom. The second kappa shape index (κ2) is 4.64. The lowest BCUT2D eigenvalue weighted by atomic mass is 10.2. The molecule has 0 saturated carbocycles. The van der Waals surface area contributed by atoms with Gasteiger partial charge >= 0.3 is 0 Å². The van der Waals surface area contributed by atoms with Crippen LogP contribution in [0.5, 0.6) is 0 Å². The van der Waals surface area contributed by atoms with E-state index in [-0.39, 0.29) is 11.6 Å². The molecular formula is C14H15FN2O. The Morgan fingerprint density at radius 3 is 2.50 bits per heavy atom. The number of amides is 1. The number of rotatable bonds is 2. The van der Waals surface area contributed by atoms with Gasteiger partial charge in [-0.3, -0.25) is 4.79 Å². The zero-order valence-electron chi connectivity index (χ0n) is 10.6. The van der Waals surface area contributed by atoms with Gasteiger partial charge in [0.05, 0.1) is 11.3 Å². The third-order valence-corrected chi connectivity index (χ3v) is 3.14. The van der Waals surface area contributed by atoms with Gasteiger partial charge < -0.3 is 9.88 Å². The van der Waals surface area contributed by atoms with Crippen molar-refractivity contribution in [3.05, 3.63) is 53.1 Å². The highest BCUT2D eigenvalue weighted by molar-refractivity contribution is 6.05. The van der Waals surface area contributed by atoms with Crippen LogP contribution in [0.1, 0.15) is 21.7 Å². The maximum absolute atomic E-state index is 13.4. The average molecular weight is 246 g/mol. The van der Waals surface area contributed by atoms with Crippen molar-refractivity contribution in [3.63, 3.8) is 0 Å². The van der Waals surface area contributed by atoms with E-state index in [1.165, 1.54) is 6.07 Å². The van der Waals surface area contributed by atoms with Crippen molar-refractivity contribution in [1.29, 1.82) is 0 Å². The lowest BCUT2D eigenvalue weighted by Gasteiger charge is -2.06. The molecular weight excluding hydrogens is 231 g/mol. The maximum Gasteiger partial charge on any atom is 0.257 e. The summed E-state index contributed by atoms with van der Waals surface area (Å²) in [5, 5.41) is 2.58. The monoisotopic (exact) mass is 246 g/mol. The fourth-order valence-electron chi connectivity index (χ4n) is 1.84. The minimum absolute atomic E-state index is 0.198. The first kappa shape index (κ1) is 12.4. The van der Waals surface area contributed by atoms with Crippen molar-refractivity contribution in [2.24, 2.45) is 7.05 Å². The smallest absolute Gasteiger partial charge is 0.257 e. The maximum atomic E-state index is 13.4. The second-order valence-electron chi connectivity index (χ2n) is 4.28. The molecule has 0 spiro atoms. The summed E-state index contributed by atoms with van der Waals surface area (Å²) >= 11 is 0. The Kier molecular flexibility index (Phi) is 3.19.